The second-order valence-electron chi connectivity index (χ2n) is 10.4. The van der Waals surface area contributed by atoms with E-state index in [1.807, 2.05) is 33.8 Å². The van der Waals surface area contributed by atoms with Crippen LogP contribution in [0.15, 0.2) is 11.5 Å². The van der Waals surface area contributed by atoms with Crippen molar-refractivity contribution < 1.29 is 32.2 Å². The number of nitrogens with zero attached hydrogens (tertiary/aromatic N) is 2. The molecule has 2 fully saturated rings. The van der Waals surface area contributed by atoms with Crippen LogP contribution < -0.4 is 0 Å². The number of halogens is 2. The number of hydrogen-bond donors (Lipinski definition) is 0. The van der Waals surface area contributed by atoms with Gasteiger partial charge in [-0.15, -0.1) is 0 Å². The summed E-state index contributed by atoms with van der Waals surface area (Å²) in [4.78, 5) is 13.3. The van der Waals surface area contributed by atoms with Crippen molar-refractivity contribution in [3.63, 3.8) is 0 Å². The third-order valence-corrected chi connectivity index (χ3v) is 6.26. The summed E-state index contributed by atoms with van der Waals surface area (Å²) >= 11 is 0. The molecule has 0 aliphatic carbocycles. The Bertz CT molecular complexity index is 755. The Kier molecular flexibility index (Phi) is 5.87. The van der Waals surface area contributed by atoms with Crippen molar-refractivity contribution in [1.29, 1.82) is 0 Å². The van der Waals surface area contributed by atoms with Gasteiger partial charge in [0.25, 0.3) is 0 Å². The third kappa shape index (κ3) is 4.72. The third-order valence-electron chi connectivity index (χ3n) is 6.26. The largest absolute Gasteiger partial charge is 0.490 e. The molecule has 0 spiro atoms. The lowest BCUT2D eigenvalue weighted by Gasteiger charge is -2.34. The van der Waals surface area contributed by atoms with E-state index in [1.54, 1.807) is 25.3 Å². The minimum absolute atomic E-state index is 0.0894. The molecular weight excluding hydrogens is 393 g/mol. The molecule has 0 N–H and O–H groups in total. The highest BCUT2D eigenvalue weighted by Gasteiger charge is 2.53. The monoisotopic (exact) mass is 427 g/mol. The van der Waals surface area contributed by atoms with Gasteiger partial charge in [0.15, 0.2) is 6.54 Å². The molecule has 168 valence electrons. The molecule has 0 unspecified atom stereocenters. The molecule has 3 aliphatic heterocycles. The Morgan fingerprint density at radius 3 is 2.23 bits per heavy atom. The fourth-order valence-electron chi connectivity index (χ4n) is 3.84. The molecule has 0 saturated carbocycles. The van der Waals surface area contributed by atoms with E-state index in [-0.39, 0.29) is 18.7 Å². The fourth-order valence-corrected chi connectivity index (χ4v) is 3.84. The standard InChI is InChI=1S/C21H34BF2N2O4/c1-18(2,3)28-17(27)26-13-10-16(21(23,24)14-26)25-11-8-15(9-12-25)22-29-19(4,5)20(6,7)30-22/h8H,9-14H2,1-7H3/q+1/b25-16-. The molecule has 6 nitrogen and oxygen atoms in total. The van der Waals surface area contributed by atoms with E-state index in [0.29, 0.717) is 19.5 Å². The molecule has 0 aromatic rings. The fraction of sp³-hybridized carbons (Fsp3) is 0.810. The average molecular weight is 427 g/mol. The topological polar surface area (TPSA) is 51.0 Å². The van der Waals surface area contributed by atoms with Gasteiger partial charge in [0.2, 0.25) is 5.71 Å². The number of likely N-dealkylation sites (tertiary alicyclic amines) is 1. The summed E-state index contributed by atoms with van der Waals surface area (Å²) in [5.74, 6) is -3.08. The minimum Gasteiger partial charge on any atom is -0.444 e. The van der Waals surface area contributed by atoms with Crippen molar-refractivity contribution >= 4 is 18.9 Å². The predicted molar refractivity (Wildman–Crippen MR) is 111 cm³/mol. The molecule has 0 atom stereocenters. The molecule has 3 rings (SSSR count). The normalized spacial score (nSPS) is 28.4. The van der Waals surface area contributed by atoms with Gasteiger partial charge in [-0.3, -0.25) is 0 Å². The summed E-state index contributed by atoms with van der Waals surface area (Å²) in [5.41, 5.74) is -0.470. The van der Waals surface area contributed by atoms with Gasteiger partial charge in [0, 0.05) is 13.0 Å². The van der Waals surface area contributed by atoms with Crippen LogP contribution in [-0.2, 0) is 14.0 Å². The molecule has 0 radical (unpaired) electrons. The molecule has 0 aromatic carbocycles. The number of ether oxygens (including phenoxy) is 1. The molecule has 2 saturated heterocycles. The molecule has 30 heavy (non-hydrogen) atoms. The maximum absolute atomic E-state index is 14.9. The highest BCUT2D eigenvalue weighted by atomic mass is 19.3. The summed E-state index contributed by atoms with van der Waals surface area (Å²) in [6.45, 7) is 13.6. The average Bonchev–Trinajstić information content (AvgIpc) is 2.80. The van der Waals surface area contributed by atoms with Gasteiger partial charge in [0.05, 0.1) is 24.2 Å². The first-order valence-electron chi connectivity index (χ1n) is 10.6. The summed E-state index contributed by atoms with van der Waals surface area (Å²) in [7, 11) is -0.434. The lowest BCUT2D eigenvalue weighted by molar-refractivity contribution is -0.527. The van der Waals surface area contributed by atoms with Gasteiger partial charge in [0.1, 0.15) is 12.1 Å². The lowest BCUT2D eigenvalue weighted by Crippen LogP contribution is -2.55. The van der Waals surface area contributed by atoms with Crippen LogP contribution in [-0.4, -0.2) is 77.3 Å². The van der Waals surface area contributed by atoms with Crippen LogP contribution in [0.3, 0.4) is 0 Å². The van der Waals surface area contributed by atoms with E-state index in [9.17, 15) is 13.6 Å². The van der Waals surface area contributed by atoms with E-state index in [0.717, 1.165) is 10.4 Å². The summed E-state index contributed by atoms with van der Waals surface area (Å²) in [6.07, 6.45) is 1.98. The van der Waals surface area contributed by atoms with E-state index < -0.39 is 42.5 Å². The first-order valence-corrected chi connectivity index (χ1v) is 10.6. The number of amides is 1. The van der Waals surface area contributed by atoms with E-state index in [1.165, 1.54) is 0 Å². The SMILES string of the molecule is CC(C)(C)OC(=O)N1CC/C(=[N+]2\CC=C(B3OC(C)(C)C(C)(C)O3)CC2)C(F)(F)C1. The zero-order valence-corrected chi connectivity index (χ0v) is 19.2. The van der Waals surface area contributed by atoms with Gasteiger partial charge in [-0.2, -0.15) is 8.78 Å². The quantitative estimate of drug-likeness (QED) is 0.473. The Hall–Kier alpha value is -1.48. The number of carbonyl (C=O) groups excluding carboxylic acids is 1. The summed E-state index contributed by atoms with van der Waals surface area (Å²) in [6, 6.07) is 0. The van der Waals surface area contributed by atoms with Crippen LogP contribution in [0, 0.1) is 0 Å². The smallest absolute Gasteiger partial charge is 0.444 e. The predicted octanol–water partition coefficient (Wildman–Crippen LogP) is 3.68. The van der Waals surface area contributed by atoms with Crippen LogP contribution >= 0.6 is 0 Å². The van der Waals surface area contributed by atoms with Crippen LogP contribution in [0.4, 0.5) is 13.6 Å². The first kappa shape index (κ1) is 23.2. The zero-order chi connectivity index (χ0) is 22.5. The number of hydrogen-bond acceptors (Lipinski definition) is 4. The van der Waals surface area contributed by atoms with Gasteiger partial charge < -0.3 is 18.9 Å². The van der Waals surface area contributed by atoms with Gasteiger partial charge in [-0.25, -0.2) is 9.37 Å². The molecular formula is C21H34BF2N2O4+. The minimum atomic E-state index is -3.08. The van der Waals surface area contributed by atoms with Crippen LogP contribution in [0.25, 0.3) is 0 Å². The molecule has 1 amide bonds. The van der Waals surface area contributed by atoms with Crippen molar-refractivity contribution in [2.45, 2.75) is 84.0 Å². The van der Waals surface area contributed by atoms with Crippen molar-refractivity contribution in [3.05, 3.63) is 11.5 Å². The first-order chi connectivity index (χ1) is 13.6. The highest BCUT2D eigenvalue weighted by molar-refractivity contribution is 6.54. The Morgan fingerprint density at radius 2 is 1.77 bits per heavy atom. The van der Waals surface area contributed by atoms with Crippen LogP contribution in [0.1, 0.15) is 61.3 Å². The van der Waals surface area contributed by atoms with Gasteiger partial charge in [-0.05, 0) is 60.0 Å². The number of carbonyl (C=O) groups is 1. The van der Waals surface area contributed by atoms with Crippen molar-refractivity contribution in [2.75, 3.05) is 26.2 Å². The number of piperidine rings is 1. The maximum atomic E-state index is 14.9. The number of rotatable bonds is 1. The maximum Gasteiger partial charge on any atom is 0.490 e. The second-order valence-corrected chi connectivity index (χ2v) is 10.4. The molecule has 9 heteroatoms. The second kappa shape index (κ2) is 7.59. The van der Waals surface area contributed by atoms with Gasteiger partial charge >= 0.3 is 19.1 Å². The molecule has 0 bridgehead atoms. The van der Waals surface area contributed by atoms with Crippen LogP contribution in [0.5, 0.6) is 0 Å². The van der Waals surface area contributed by atoms with Crippen LogP contribution in [0.2, 0.25) is 0 Å². The van der Waals surface area contributed by atoms with E-state index in [2.05, 4.69) is 0 Å². The Balaban J connectivity index is 1.68. The van der Waals surface area contributed by atoms with E-state index >= 15 is 0 Å². The van der Waals surface area contributed by atoms with E-state index in [4.69, 9.17) is 14.0 Å². The Morgan fingerprint density at radius 1 is 1.17 bits per heavy atom. The van der Waals surface area contributed by atoms with Crippen molar-refractivity contribution in [2.24, 2.45) is 0 Å². The highest BCUT2D eigenvalue weighted by Crippen LogP contribution is 2.39. The van der Waals surface area contributed by atoms with Gasteiger partial charge in [-0.1, -0.05) is 0 Å². The molecule has 3 aliphatic rings. The summed E-state index contributed by atoms with van der Waals surface area (Å²) < 4.78 is 48.9. The lowest BCUT2D eigenvalue weighted by atomic mass is 9.75. The zero-order valence-electron chi connectivity index (χ0n) is 19.2. The Labute approximate surface area is 178 Å². The van der Waals surface area contributed by atoms with Crippen molar-refractivity contribution in [1.82, 2.24) is 4.90 Å². The summed E-state index contributed by atoms with van der Waals surface area (Å²) in [5, 5.41) is 0. The van der Waals surface area contributed by atoms with Crippen molar-refractivity contribution in [3.8, 4) is 0 Å². The molecule has 0 aromatic heterocycles. The molecule has 3 heterocycles. The number of alkyl halides is 2.